The van der Waals surface area contributed by atoms with Crippen molar-refractivity contribution >= 4 is 28.3 Å². The Morgan fingerprint density at radius 2 is 2.24 bits per heavy atom. The number of H-pyrrole nitrogens is 1. The van der Waals surface area contributed by atoms with E-state index in [-0.39, 0.29) is 6.61 Å². The number of anilines is 1. The van der Waals surface area contributed by atoms with E-state index in [4.69, 9.17) is 16.3 Å². The first-order valence-electron chi connectivity index (χ1n) is 7.56. The molecule has 0 unspecified atom stereocenters. The summed E-state index contributed by atoms with van der Waals surface area (Å²) in [6.45, 7) is 0.380. The molecule has 0 radical (unpaired) electrons. The molecule has 0 saturated heterocycles. The summed E-state index contributed by atoms with van der Waals surface area (Å²) in [5.74, 6) is 1.22. The van der Waals surface area contributed by atoms with Gasteiger partial charge in [-0.05, 0) is 6.07 Å². The van der Waals surface area contributed by atoms with Gasteiger partial charge in [0, 0.05) is 19.4 Å². The normalized spacial score (nSPS) is 13.7. The van der Waals surface area contributed by atoms with Crippen molar-refractivity contribution in [2.24, 2.45) is 7.05 Å². The Balaban J connectivity index is 2.04. The molecule has 4 rings (SSSR count). The van der Waals surface area contributed by atoms with E-state index in [0.29, 0.717) is 29.2 Å². The van der Waals surface area contributed by atoms with Crippen LogP contribution in [0, 0.1) is 0 Å². The number of ether oxygens (including phenoxy) is 1. The summed E-state index contributed by atoms with van der Waals surface area (Å²) in [6, 6.07) is 1.81. The zero-order chi connectivity index (χ0) is 17.6. The fourth-order valence-electron chi connectivity index (χ4n) is 2.93. The molecule has 3 N–H and O–H groups in total. The number of pyridine rings is 1. The standard InChI is InChI=1S/C15H16ClN7O2/c1-22-9-5-8(16)15(25-2)19-11(9)12(23-4-3-17-7-23)13(22)14-18-10(6-24)20-21-14/h3-5,17,24H,6-7H2,1-2H3,(H,18,20,21). The maximum atomic E-state index is 9.27. The van der Waals surface area contributed by atoms with Gasteiger partial charge in [0.25, 0.3) is 0 Å². The molecule has 0 amide bonds. The quantitative estimate of drug-likeness (QED) is 0.644. The topological polar surface area (TPSA) is 104 Å². The Labute approximate surface area is 147 Å². The van der Waals surface area contributed by atoms with Crippen LogP contribution in [0.15, 0.2) is 18.5 Å². The predicted octanol–water partition coefficient (Wildman–Crippen LogP) is 1.35. The molecular weight excluding hydrogens is 346 g/mol. The SMILES string of the molecule is COc1nc2c(N3C=CNC3)c(-c3n[nH]c(CO)n3)n(C)c2cc1Cl. The number of aliphatic hydroxyl groups is 1. The highest BCUT2D eigenvalue weighted by Crippen LogP contribution is 2.40. The summed E-state index contributed by atoms with van der Waals surface area (Å²) in [7, 11) is 3.43. The molecule has 10 heteroatoms. The number of halogens is 1. The molecule has 0 aromatic carbocycles. The summed E-state index contributed by atoms with van der Waals surface area (Å²) in [5, 5.41) is 19.8. The monoisotopic (exact) mass is 361 g/mol. The molecule has 25 heavy (non-hydrogen) atoms. The van der Waals surface area contributed by atoms with Crippen LogP contribution in [0.2, 0.25) is 5.02 Å². The van der Waals surface area contributed by atoms with E-state index in [1.807, 2.05) is 35.0 Å². The van der Waals surface area contributed by atoms with Crippen LogP contribution >= 0.6 is 11.6 Å². The highest BCUT2D eigenvalue weighted by Gasteiger charge is 2.26. The lowest BCUT2D eigenvalue weighted by Gasteiger charge is -2.15. The number of rotatable bonds is 4. The molecule has 1 aliphatic heterocycles. The minimum atomic E-state index is -0.213. The third-order valence-electron chi connectivity index (χ3n) is 4.08. The second-order valence-corrected chi connectivity index (χ2v) is 5.92. The first-order valence-corrected chi connectivity index (χ1v) is 7.94. The second-order valence-electron chi connectivity index (χ2n) is 5.52. The Kier molecular flexibility index (Phi) is 3.74. The predicted molar refractivity (Wildman–Crippen MR) is 93.2 cm³/mol. The first kappa shape index (κ1) is 15.7. The summed E-state index contributed by atoms with van der Waals surface area (Å²) >= 11 is 6.26. The van der Waals surface area contributed by atoms with Crippen molar-refractivity contribution < 1.29 is 9.84 Å². The number of aryl methyl sites for hydroxylation is 1. The molecule has 3 aromatic heterocycles. The van der Waals surface area contributed by atoms with Gasteiger partial charge in [-0.1, -0.05) is 11.6 Å². The van der Waals surface area contributed by atoms with Crippen LogP contribution in [-0.2, 0) is 13.7 Å². The number of hydrogen-bond donors (Lipinski definition) is 3. The van der Waals surface area contributed by atoms with Crippen molar-refractivity contribution in [1.29, 1.82) is 0 Å². The van der Waals surface area contributed by atoms with Gasteiger partial charge in [0.2, 0.25) is 5.88 Å². The number of hydrogen-bond acceptors (Lipinski definition) is 7. The number of nitrogens with one attached hydrogen (secondary N) is 2. The van der Waals surface area contributed by atoms with Crippen LogP contribution in [-0.4, -0.2) is 43.6 Å². The molecule has 0 aliphatic carbocycles. The van der Waals surface area contributed by atoms with Gasteiger partial charge in [0.15, 0.2) is 11.6 Å². The molecule has 0 bridgehead atoms. The van der Waals surface area contributed by atoms with Crippen LogP contribution in [0.4, 0.5) is 5.69 Å². The van der Waals surface area contributed by atoms with E-state index >= 15 is 0 Å². The van der Waals surface area contributed by atoms with Crippen molar-refractivity contribution in [3.8, 4) is 17.4 Å². The maximum Gasteiger partial charge on any atom is 0.233 e. The van der Waals surface area contributed by atoms with E-state index in [0.717, 1.165) is 22.4 Å². The van der Waals surface area contributed by atoms with E-state index in [2.05, 4.69) is 25.5 Å². The molecule has 9 nitrogen and oxygen atoms in total. The Morgan fingerprint density at radius 1 is 1.40 bits per heavy atom. The van der Waals surface area contributed by atoms with Crippen molar-refractivity contribution in [2.45, 2.75) is 6.61 Å². The zero-order valence-corrected chi connectivity index (χ0v) is 14.4. The fraction of sp³-hybridized carbons (Fsp3) is 0.267. The van der Waals surface area contributed by atoms with Crippen LogP contribution in [0.3, 0.4) is 0 Å². The lowest BCUT2D eigenvalue weighted by molar-refractivity contribution is 0.272. The summed E-state index contributed by atoms with van der Waals surface area (Å²) in [4.78, 5) is 10.9. The first-order chi connectivity index (χ1) is 12.1. The molecule has 0 fully saturated rings. The van der Waals surface area contributed by atoms with E-state index < -0.39 is 0 Å². The molecular formula is C15H16ClN7O2. The van der Waals surface area contributed by atoms with Crippen molar-refractivity contribution in [3.05, 3.63) is 29.3 Å². The Bertz CT molecular complexity index is 978. The van der Waals surface area contributed by atoms with Crippen molar-refractivity contribution in [1.82, 2.24) is 30.0 Å². The van der Waals surface area contributed by atoms with Gasteiger partial charge in [0.1, 0.15) is 22.8 Å². The highest BCUT2D eigenvalue weighted by atomic mass is 35.5. The van der Waals surface area contributed by atoms with Gasteiger partial charge in [-0.3, -0.25) is 5.10 Å². The molecule has 4 heterocycles. The fourth-order valence-corrected chi connectivity index (χ4v) is 3.15. The van der Waals surface area contributed by atoms with Crippen LogP contribution in [0.25, 0.3) is 22.6 Å². The van der Waals surface area contributed by atoms with Crippen molar-refractivity contribution in [3.63, 3.8) is 0 Å². The number of fused-ring (bicyclic) bond motifs is 1. The third-order valence-corrected chi connectivity index (χ3v) is 4.35. The van der Waals surface area contributed by atoms with Gasteiger partial charge in [-0.25, -0.2) is 9.97 Å². The zero-order valence-electron chi connectivity index (χ0n) is 13.6. The van der Waals surface area contributed by atoms with E-state index in [9.17, 15) is 5.11 Å². The minimum Gasteiger partial charge on any atom is -0.480 e. The van der Waals surface area contributed by atoms with Crippen LogP contribution < -0.4 is 15.0 Å². The largest absolute Gasteiger partial charge is 0.480 e. The highest BCUT2D eigenvalue weighted by molar-refractivity contribution is 6.32. The molecule has 0 saturated carbocycles. The van der Waals surface area contributed by atoms with E-state index in [1.165, 1.54) is 7.11 Å². The third kappa shape index (κ3) is 2.39. The summed E-state index contributed by atoms with van der Waals surface area (Å²) < 4.78 is 7.20. The average Bonchev–Trinajstić information content (AvgIpc) is 3.34. The smallest absolute Gasteiger partial charge is 0.233 e. The van der Waals surface area contributed by atoms with Gasteiger partial charge < -0.3 is 24.6 Å². The van der Waals surface area contributed by atoms with Crippen molar-refractivity contribution in [2.75, 3.05) is 18.7 Å². The number of aromatic amines is 1. The molecule has 3 aromatic rings. The summed E-state index contributed by atoms with van der Waals surface area (Å²) in [5.41, 5.74) is 3.14. The number of nitrogens with zero attached hydrogens (tertiary/aromatic N) is 5. The minimum absolute atomic E-state index is 0.213. The maximum absolute atomic E-state index is 9.27. The lowest BCUT2D eigenvalue weighted by atomic mass is 10.2. The van der Waals surface area contributed by atoms with Crippen LogP contribution in [0.5, 0.6) is 5.88 Å². The molecule has 0 atom stereocenters. The van der Waals surface area contributed by atoms with Gasteiger partial charge in [0.05, 0.1) is 25.0 Å². The molecule has 0 spiro atoms. The molecule has 130 valence electrons. The number of methoxy groups -OCH3 is 1. The Morgan fingerprint density at radius 3 is 2.88 bits per heavy atom. The second kappa shape index (κ2) is 5.94. The summed E-state index contributed by atoms with van der Waals surface area (Å²) in [6.07, 6.45) is 3.77. The lowest BCUT2D eigenvalue weighted by Crippen LogP contribution is -2.20. The van der Waals surface area contributed by atoms with Gasteiger partial charge in [-0.2, -0.15) is 5.10 Å². The Hall–Kier alpha value is -2.78. The van der Waals surface area contributed by atoms with Crippen LogP contribution in [0.1, 0.15) is 5.82 Å². The number of aliphatic hydroxyl groups excluding tert-OH is 1. The van der Waals surface area contributed by atoms with E-state index in [1.54, 1.807) is 0 Å². The molecule has 1 aliphatic rings. The van der Waals surface area contributed by atoms with Gasteiger partial charge in [-0.15, -0.1) is 0 Å². The van der Waals surface area contributed by atoms with Gasteiger partial charge >= 0.3 is 0 Å². The average molecular weight is 362 g/mol. The number of aromatic nitrogens is 5.